The summed E-state index contributed by atoms with van der Waals surface area (Å²) in [6.45, 7) is 8.70. The van der Waals surface area contributed by atoms with Crippen molar-refractivity contribution >= 4 is 5.91 Å². The summed E-state index contributed by atoms with van der Waals surface area (Å²) in [5.74, 6) is 0.962. The Hall–Kier alpha value is -1.81. The fourth-order valence-corrected chi connectivity index (χ4v) is 2.29. The lowest BCUT2D eigenvalue weighted by atomic mass is 10.1. The van der Waals surface area contributed by atoms with Gasteiger partial charge in [0.15, 0.2) is 0 Å². The lowest BCUT2D eigenvalue weighted by Crippen LogP contribution is -2.30. The van der Waals surface area contributed by atoms with Gasteiger partial charge in [0.25, 0.3) is 0 Å². The highest BCUT2D eigenvalue weighted by Gasteiger charge is 2.35. The molecule has 2 unspecified atom stereocenters. The Balaban J connectivity index is 2.13. The molecule has 1 saturated heterocycles. The molecule has 4 nitrogen and oxygen atoms in total. The molecule has 1 fully saturated rings. The Kier molecular flexibility index (Phi) is 4.22. The van der Waals surface area contributed by atoms with Gasteiger partial charge < -0.3 is 9.64 Å². The van der Waals surface area contributed by atoms with Crippen molar-refractivity contribution in [2.75, 3.05) is 13.2 Å². The third-order valence-electron chi connectivity index (χ3n) is 3.28. The van der Waals surface area contributed by atoms with Crippen LogP contribution in [0.2, 0.25) is 0 Å². The number of nitrogens with one attached hydrogen (secondary N) is 1. The molecule has 1 heterocycles. The normalized spacial score (nSPS) is 22.6. The summed E-state index contributed by atoms with van der Waals surface area (Å²) in [4.78, 5) is 13.8. The first-order chi connectivity index (χ1) is 9.17. The molecule has 1 aliphatic rings. The van der Waals surface area contributed by atoms with Gasteiger partial charge in [-0.05, 0) is 31.5 Å². The summed E-state index contributed by atoms with van der Waals surface area (Å²) in [6.07, 6.45) is 1.67. The zero-order valence-corrected chi connectivity index (χ0v) is 11.4. The predicted molar refractivity (Wildman–Crippen MR) is 74.9 cm³/mol. The number of carbonyl (C=O) groups is 1. The van der Waals surface area contributed by atoms with Gasteiger partial charge in [-0.25, -0.2) is 0 Å². The lowest BCUT2D eigenvalue weighted by Gasteiger charge is -2.23. The molecule has 4 heteroatoms. The van der Waals surface area contributed by atoms with Crippen molar-refractivity contribution in [1.82, 2.24) is 10.2 Å². The second-order valence-electron chi connectivity index (χ2n) is 4.58. The molecule has 0 spiro atoms. The van der Waals surface area contributed by atoms with Crippen molar-refractivity contribution in [3.63, 3.8) is 0 Å². The highest BCUT2D eigenvalue weighted by atomic mass is 16.5. The molecule has 0 saturated carbocycles. The number of nitrogens with zero attached hydrogens (tertiary/aromatic N) is 1. The van der Waals surface area contributed by atoms with Crippen molar-refractivity contribution in [1.29, 1.82) is 0 Å². The third-order valence-corrected chi connectivity index (χ3v) is 3.28. The molecule has 1 aromatic carbocycles. The number of ether oxygens (including phenoxy) is 1. The van der Waals surface area contributed by atoms with Crippen LogP contribution in [0.3, 0.4) is 0 Å². The Morgan fingerprint density at radius 1 is 1.42 bits per heavy atom. The standard InChI is InChI=1S/C15H20N2O2/c1-4-10-19-13-8-6-12(7-9-13)14-16-11(3)15(18)17(14)5-2/h4,6-9,11,14,16H,1,5,10H2,2-3H3. The molecule has 19 heavy (non-hydrogen) atoms. The number of rotatable bonds is 5. The van der Waals surface area contributed by atoms with E-state index in [2.05, 4.69) is 11.9 Å². The first kappa shape index (κ1) is 13.6. The van der Waals surface area contributed by atoms with Gasteiger partial charge in [0.2, 0.25) is 5.91 Å². The smallest absolute Gasteiger partial charge is 0.241 e. The van der Waals surface area contributed by atoms with Gasteiger partial charge in [-0.3, -0.25) is 10.1 Å². The van der Waals surface area contributed by atoms with Crippen LogP contribution in [0.1, 0.15) is 25.6 Å². The van der Waals surface area contributed by atoms with Crippen LogP contribution in [0.25, 0.3) is 0 Å². The maximum Gasteiger partial charge on any atom is 0.241 e. The van der Waals surface area contributed by atoms with E-state index in [0.717, 1.165) is 11.3 Å². The van der Waals surface area contributed by atoms with Gasteiger partial charge in [0.1, 0.15) is 18.5 Å². The Labute approximate surface area is 114 Å². The largest absolute Gasteiger partial charge is 0.490 e. The van der Waals surface area contributed by atoms with E-state index in [1.807, 2.05) is 43.0 Å². The minimum absolute atomic E-state index is 0.0408. The predicted octanol–water partition coefficient (Wildman–Crippen LogP) is 2.09. The number of carbonyl (C=O) groups excluding carboxylic acids is 1. The summed E-state index contributed by atoms with van der Waals surface area (Å²) < 4.78 is 5.45. The average Bonchev–Trinajstić information content (AvgIpc) is 2.72. The molecule has 2 rings (SSSR count). The second-order valence-corrected chi connectivity index (χ2v) is 4.58. The number of likely N-dealkylation sites (N-methyl/N-ethyl adjacent to an activating group) is 1. The van der Waals surface area contributed by atoms with E-state index in [-0.39, 0.29) is 18.1 Å². The molecule has 0 bridgehead atoms. The first-order valence-electron chi connectivity index (χ1n) is 6.57. The fourth-order valence-electron chi connectivity index (χ4n) is 2.29. The minimum Gasteiger partial charge on any atom is -0.490 e. The Morgan fingerprint density at radius 3 is 2.68 bits per heavy atom. The molecule has 0 aromatic heterocycles. The van der Waals surface area contributed by atoms with Crippen LogP contribution in [0.4, 0.5) is 0 Å². The molecule has 1 amide bonds. The molecule has 2 atom stereocenters. The zero-order chi connectivity index (χ0) is 13.8. The molecule has 1 N–H and O–H groups in total. The van der Waals surface area contributed by atoms with Crippen molar-refractivity contribution in [2.24, 2.45) is 0 Å². The monoisotopic (exact) mass is 260 g/mol. The SMILES string of the molecule is C=CCOc1ccc(C2NC(C)C(=O)N2CC)cc1. The highest BCUT2D eigenvalue weighted by Crippen LogP contribution is 2.26. The molecule has 1 aromatic rings. The molecule has 0 radical (unpaired) electrons. The number of amides is 1. The number of hydrogen-bond acceptors (Lipinski definition) is 3. The van der Waals surface area contributed by atoms with Gasteiger partial charge >= 0.3 is 0 Å². The van der Waals surface area contributed by atoms with Gasteiger partial charge in [-0.1, -0.05) is 24.8 Å². The van der Waals surface area contributed by atoms with Gasteiger partial charge in [-0.15, -0.1) is 0 Å². The molecule has 1 aliphatic heterocycles. The summed E-state index contributed by atoms with van der Waals surface area (Å²) in [5, 5.41) is 3.30. The zero-order valence-electron chi connectivity index (χ0n) is 11.4. The van der Waals surface area contributed by atoms with E-state index in [1.165, 1.54) is 0 Å². The second kappa shape index (κ2) is 5.89. The van der Waals surface area contributed by atoms with Crippen LogP contribution >= 0.6 is 0 Å². The fraction of sp³-hybridized carbons (Fsp3) is 0.400. The lowest BCUT2D eigenvalue weighted by molar-refractivity contribution is -0.129. The van der Waals surface area contributed by atoms with Crippen LogP contribution in [-0.4, -0.2) is 30.0 Å². The van der Waals surface area contributed by atoms with Crippen LogP contribution in [-0.2, 0) is 4.79 Å². The van der Waals surface area contributed by atoms with Crippen molar-refractivity contribution in [3.05, 3.63) is 42.5 Å². The van der Waals surface area contributed by atoms with Crippen LogP contribution in [0.15, 0.2) is 36.9 Å². The quantitative estimate of drug-likeness (QED) is 0.824. The van der Waals surface area contributed by atoms with Crippen LogP contribution in [0.5, 0.6) is 5.75 Å². The number of benzene rings is 1. The molecule has 0 aliphatic carbocycles. The van der Waals surface area contributed by atoms with Crippen LogP contribution in [0, 0.1) is 0 Å². The summed E-state index contributed by atoms with van der Waals surface area (Å²) >= 11 is 0. The van der Waals surface area contributed by atoms with E-state index in [4.69, 9.17) is 4.74 Å². The molecule has 102 valence electrons. The van der Waals surface area contributed by atoms with E-state index in [9.17, 15) is 4.79 Å². The van der Waals surface area contributed by atoms with Gasteiger partial charge in [0, 0.05) is 6.54 Å². The average molecular weight is 260 g/mol. The maximum atomic E-state index is 12.0. The summed E-state index contributed by atoms with van der Waals surface area (Å²) in [5.41, 5.74) is 1.07. The highest BCUT2D eigenvalue weighted by molar-refractivity contribution is 5.84. The third kappa shape index (κ3) is 2.79. The Bertz CT molecular complexity index is 456. The van der Waals surface area contributed by atoms with Gasteiger partial charge in [0.05, 0.1) is 6.04 Å². The van der Waals surface area contributed by atoms with Crippen molar-refractivity contribution in [2.45, 2.75) is 26.1 Å². The topological polar surface area (TPSA) is 41.6 Å². The van der Waals surface area contributed by atoms with Crippen LogP contribution < -0.4 is 10.1 Å². The van der Waals surface area contributed by atoms with E-state index >= 15 is 0 Å². The maximum absolute atomic E-state index is 12.0. The molecular formula is C15H20N2O2. The van der Waals surface area contributed by atoms with E-state index in [1.54, 1.807) is 6.08 Å². The summed E-state index contributed by atoms with van der Waals surface area (Å²) in [6, 6.07) is 7.69. The van der Waals surface area contributed by atoms with Crippen molar-refractivity contribution in [3.8, 4) is 5.75 Å². The van der Waals surface area contributed by atoms with E-state index in [0.29, 0.717) is 13.2 Å². The summed E-state index contributed by atoms with van der Waals surface area (Å²) in [7, 11) is 0. The van der Waals surface area contributed by atoms with E-state index < -0.39 is 0 Å². The first-order valence-corrected chi connectivity index (χ1v) is 6.57. The molecular weight excluding hydrogens is 240 g/mol. The van der Waals surface area contributed by atoms with Crippen molar-refractivity contribution < 1.29 is 9.53 Å². The number of hydrogen-bond donors (Lipinski definition) is 1. The van der Waals surface area contributed by atoms with Gasteiger partial charge in [-0.2, -0.15) is 0 Å². The minimum atomic E-state index is -0.123. The Morgan fingerprint density at radius 2 is 2.11 bits per heavy atom.